The van der Waals surface area contributed by atoms with E-state index in [1.807, 2.05) is 0 Å². The molecule has 0 aromatic rings. The van der Waals surface area contributed by atoms with Crippen LogP contribution >= 0.6 is 44.3 Å². The number of hydrogen-bond acceptors (Lipinski definition) is 0. The molecule has 0 saturated heterocycles. The van der Waals surface area contributed by atoms with Crippen LogP contribution in [0.15, 0.2) is 0 Å². The van der Waals surface area contributed by atoms with Gasteiger partial charge in [0.15, 0.2) is 0 Å². The third-order valence-corrected chi connectivity index (χ3v) is 8.38. The SMILES string of the molecule is C[Si](Cl)(Cl)CCC(F)(F)C(F)(F)C(F)(F)C(F)(F)C(F)(F)C(F)(F)CC[Si](C)(Cl)Cl. The second kappa shape index (κ2) is 8.84. The summed E-state index contributed by atoms with van der Waals surface area (Å²) in [5, 5.41) is 0. The Morgan fingerprint density at radius 3 is 0.833 bits per heavy atom. The van der Waals surface area contributed by atoms with Gasteiger partial charge in [-0.2, -0.15) is 52.7 Å². The Hall–Kier alpha value is 0.754. The molecule has 0 aliphatic rings. The third kappa shape index (κ3) is 6.20. The lowest BCUT2D eigenvalue weighted by Gasteiger charge is -2.41. The molecule has 0 aromatic heterocycles. The highest BCUT2D eigenvalue weighted by molar-refractivity contribution is 7.45. The second-order valence-corrected chi connectivity index (χ2v) is 23.3. The standard InChI is InChI=1S/C12H14Cl4F12Si2/c1-29(13,14)5-3-7(17,18)9(21,22)11(25,26)12(27,28)10(23,24)8(19,20)4-6-30(2,15)16/h3-6H2,1-2H3. The summed E-state index contributed by atoms with van der Waals surface area (Å²) >= 11 is 21.4. The molecule has 18 heteroatoms. The lowest BCUT2D eigenvalue weighted by atomic mass is 9.90. The van der Waals surface area contributed by atoms with Gasteiger partial charge in [-0.1, -0.05) is 0 Å². The molecular weight excluding hydrogens is 570 g/mol. The van der Waals surface area contributed by atoms with Gasteiger partial charge in [-0.3, -0.25) is 0 Å². The first-order valence-electron chi connectivity index (χ1n) is 7.69. The fourth-order valence-electron chi connectivity index (χ4n) is 1.92. The maximum absolute atomic E-state index is 13.7. The molecule has 30 heavy (non-hydrogen) atoms. The van der Waals surface area contributed by atoms with Crippen LogP contribution < -0.4 is 0 Å². The van der Waals surface area contributed by atoms with Crippen molar-refractivity contribution in [1.82, 2.24) is 0 Å². The molecule has 0 N–H and O–H groups in total. The van der Waals surface area contributed by atoms with Gasteiger partial charge < -0.3 is 0 Å². The van der Waals surface area contributed by atoms with Gasteiger partial charge in [-0.05, 0) is 25.2 Å². The summed E-state index contributed by atoms with van der Waals surface area (Å²) in [6.07, 6.45) is -4.57. The maximum atomic E-state index is 13.7. The van der Waals surface area contributed by atoms with Crippen molar-refractivity contribution in [3.8, 4) is 0 Å². The first-order chi connectivity index (χ1) is 12.7. The molecule has 0 saturated carbocycles. The number of rotatable bonds is 11. The van der Waals surface area contributed by atoms with Gasteiger partial charge in [0, 0.05) is 12.8 Å². The zero-order chi connectivity index (χ0) is 24.8. The predicted molar refractivity (Wildman–Crippen MR) is 95.2 cm³/mol. The summed E-state index contributed by atoms with van der Waals surface area (Å²) in [5.41, 5.74) is 0. The first-order valence-corrected chi connectivity index (χ1v) is 17.1. The minimum absolute atomic E-state index is 0.899. The van der Waals surface area contributed by atoms with Crippen LogP contribution in [0.4, 0.5) is 52.7 Å². The summed E-state index contributed by atoms with van der Waals surface area (Å²) in [7, 11) is 0. The van der Waals surface area contributed by atoms with Crippen LogP contribution in [-0.2, 0) is 0 Å². The summed E-state index contributed by atoms with van der Waals surface area (Å²) in [6, 6.07) is -2.44. The van der Waals surface area contributed by atoms with E-state index in [4.69, 9.17) is 44.3 Å². The second-order valence-electron chi connectivity index (χ2n) is 6.85. The normalized spacial score (nSPS) is 16.2. The average Bonchev–Trinajstić information content (AvgIpc) is 2.49. The molecule has 0 aromatic carbocycles. The molecule has 0 aliphatic heterocycles. The third-order valence-electron chi connectivity index (χ3n) is 3.86. The van der Waals surface area contributed by atoms with E-state index >= 15 is 0 Å². The van der Waals surface area contributed by atoms with E-state index in [0.717, 1.165) is 13.1 Å². The van der Waals surface area contributed by atoms with E-state index in [-0.39, 0.29) is 0 Å². The maximum Gasteiger partial charge on any atom is 0.384 e. The molecular formula is C12H14Cl4F12Si2. The largest absolute Gasteiger partial charge is 0.384 e. The Morgan fingerprint density at radius 2 is 0.667 bits per heavy atom. The number of halogens is 16. The summed E-state index contributed by atoms with van der Waals surface area (Å²) < 4.78 is 164. The Labute approximate surface area is 184 Å². The molecule has 0 aliphatic carbocycles. The van der Waals surface area contributed by atoms with Crippen molar-refractivity contribution in [3.63, 3.8) is 0 Å². The minimum Gasteiger partial charge on any atom is -0.200 e. The Kier molecular flexibility index (Phi) is 9.06. The van der Waals surface area contributed by atoms with Crippen molar-refractivity contribution < 1.29 is 52.7 Å². The molecule has 0 radical (unpaired) electrons. The predicted octanol–water partition coefficient (Wildman–Crippen LogP) is 8.68. The summed E-state index contributed by atoms with van der Waals surface area (Å²) in [5.74, 6) is -41.6. The number of hydrogen-bond donors (Lipinski definition) is 0. The first kappa shape index (κ1) is 30.8. The van der Waals surface area contributed by atoms with Gasteiger partial charge in [0.2, 0.25) is 13.4 Å². The molecule has 0 atom stereocenters. The van der Waals surface area contributed by atoms with Crippen LogP contribution in [0.3, 0.4) is 0 Å². The van der Waals surface area contributed by atoms with Crippen LogP contribution in [0.2, 0.25) is 25.2 Å². The van der Waals surface area contributed by atoms with Crippen LogP contribution in [0.5, 0.6) is 0 Å². The monoisotopic (exact) mass is 582 g/mol. The zero-order valence-electron chi connectivity index (χ0n) is 14.9. The van der Waals surface area contributed by atoms with E-state index in [0.29, 0.717) is 0 Å². The van der Waals surface area contributed by atoms with E-state index in [2.05, 4.69) is 0 Å². The highest BCUT2D eigenvalue weighted by atomic mass is 35.7. The molecule has 0 fully saturated rings. The van der Waals surface area contributed by atoms with E-state index in [1.54, 1.807) is 0 Å². The average molecular weight is 584 g/mol. The van der Waals surface area contributed by atoms with E-state index in [1.165, 1.54) is 0 Å². The smallest absolute Gasteiger partial charge is 0.200 e. The molecule has 0 bridgehead atoms. The van der Waals surface area contributed by atoms with Crippen LogP contribution in [0.1, 0.15) is 12.8 Å². The lowest BCUT2D eigenvalue weighted by Crippen LogP contribution is -2.70. The summed E-state index contributed by atoms with van der Waals surface area (Å²) in [4.78, 5) is 0. The van der Waals surface area contributed by atoms with Crippen LogP contribution in [-0.4, -0.2) is 48.9 Å². The Morgan fingerprint density at radius 1 is 0.467 bits per heavy atom. The van der Waals surface area contributed by atoms with Gasteiger partial charge in [0.25, 0.3) is 0 Å². The van der Waals surface area contributed by atoms with Gasteiger partial charge in [0.1, 0.15) is 0 Å². The van der Waals surface area contributed by atoms with E-state index in [9.17, 15) is 52.7 Å². The van der Waals surface area contributed by atoms with Crippen molar-refractivity contribution in [1.29, 1.82) is 0 Å². The minimum atomic E-state index is -7.60. The molecule has 0 spiro atoms. The molecule has 0 unspecified atom stereocenters. The van der Waals surface area contributed by atoms with Crippen molar-refractivity contribution in [3.05, 3.63) is 0 Å². The van der Waals surface area contributed by atoms with Gasteiger partial charge >= 0.3 is 35.5 Å². The van der Waals surface area contributed by atoms with Crippen molar-refractivity contribution >= 4 is 57.7 Å². The fraction of sp³-hybridized carbons (Fsp3) is 1.00. The van der Waals surface area contributed by atoms with Crippen LogP contribution in [0, 0.1) is 0 Å². The van der Waals surface area contributed by atoms with Gasteiger partial charge in [-0.15, -0.1) is 44.3 Å². The molecule has 0 amide bonds. The Bertz CT molecular complexity index is 549. The molecule has 0 rings (SSSR count). The summed E-state index contributed by atoms with van der Waals surface area (Å²) in [6.45, 7) is -5.47. The molecule has 182 valence electrons. The highest BCUT2D eigenvalue weighted by Crippen LogP contribution is 2.61. The lowest BCUT2D eigenvalue weighted by molar-refractivity contribution is -0.425. The van der Waals surface area contributed by atoms with Crippen molar-refractivity contribution in [2.75, 3.05) is 0 Å². The Balaban J connectivity index is 6.13. The zero-order valence-corrected chi connectivity index (χ0v) is 19.9. The fourth-order valence-corrected chi connectivity index (χ4v) is 4.56. The van der Waals surface area contributed by atoms with Crippen molar-refractivity contribution in [2.45, 2.75) is 73.6 Å². The van der Waals surface area contributed by atoms with Crippen LogP contribution in [0.25, 0.3) is 0 Å². The molecule has 0 heterocycles. The van der Waals surface area contributed by atoms with Gasteiger partial charge in [0.05, 0.1) is 0 Å². The van der Waals surface area contributed by atoms with E-state index < -0.39 is 73.9 Å². The highest BCUT2D eigenvalue weighted by Gasteiger charge is 2.89. The number of alkyl halides is 12. The molecule has 0 nitrogen and oxygen atoms in total. The van der Waals surface area contributed by atoms with Gasteiger partial charge in [-0.25, -0.2) is 0 Å². The topological polar surface area (TPSA) is 0 Å². The quantitative estimate of drug-likeness (QED) is 0.130. The van der Waals surface area contributed by atoms with Crippen molar-refractivity contribution in [2.24, 2.45) is 0 Å².